The SMILES string of the molecule is C[C@H](Cc1ccsc1)NC(=O)NC[C@@H](Cc1ccc(O)cc1)N(C)C. The fourth-order valence-corrected chi connectivity index (χ4v) is 3.32. The van der Waals surface area contributed by atoms with Gasteiger partial charge in [-0.25, -0.2) is 4.79 Å². The second-order valence-electron chi connectivity index (χ2n) is 6.58. The van der Waals surface area contributed by atoms with Gasteiger partial charge in [-0.3, -0.25) is 0 Å². The van der Waals surface area contributed by atoms with E-state index in [0.717, 1.165) is 18.4 Å². The van der Waals surface area contributed by atoms with Crippen LogP contribution in [0.5, 0.6) is 5.75 Å². The molecule has 0 fully saturated rings. The van der Waals surface area contributed by atoms with E-state index in [1.54, 1.807) is 23.5 Å². The van der Waals surface area contributed by atoms with Crippen molar-refractivity contribution in [3.8, 4) is 5.75 Å². The van der Waals surface area contributed by atoms with Crippen molar-refractivity contribution in [3.63, 3.8) is 0 Å². The number of benzene rings is 1. The van der Waals surface area contributed by atoms with Crippen LogP contribution in [0.15, 0.2) is 41.1 Å². The molecule has 5 nitrogen and oxygen atoms in total. The number of aromatic hydroxyl groups is 1. The third kappa shape index (κ3) is 6.76. The van der Waals surface area contributed by atoms with Crippen LogP contribution in [-0.4, -0.2) is 48.8 Å². The molecule has 1 heterocycles. The third-order valence-electron chi connectivity index (χ3n) is 4.14. The number of hydrogen-bond donors (Lipinski definition) is 3. The van der Waals surface area contributed by atoms with Crippen LogP contribution in [0.3, 0.4) is 0 Å². The molecule has 3 N–H and O–H groups in total. The van der Waals surface area contributed by atoms with Crippen LogP contribution in [0.1, 0.15) is 18.1 Å². The predicted molar refractivity (Wildman–Crippen MR) is 103 cm³/mol. The Kier molecular flexibility index (Phi) is 7.28. The molecule has 6 heteroatoms. The van der Waals surface area contributed by atoms with E-state index >= 15 is 0 Å². The molecule has 0 aliphatic heterocycles. The number of rotatable bonds is 8. The standard InChI is InChI=1S/C19H27N3O2S/c1-14(10-16-8-9-25-13-16)21-19(24)20-12-17(22(2)3)11-15-4-6-18(23)7-5-15/h4-9,13-14,17,23H,10-12H2,1-3H3,(H2,20,21,24)/t14-,17-/m1/s1. The Morgan fingerprint density at radius 3 is 2.48 bits per heavy atom. The number of urea groups is 1. The van der Waals surface area contributed by atoms with Crippen molar-refractivity contribution in [2.75, 3.05) is 20.6 Å². The first-order valence-electron chi connectivity index (χ1n) is 8.44. The zero-order chi connectivity index (χ0) is 18.2. The fourth-order valence-electron chi connectivity index (χ4n) is 2.64. The summed E-state index contributed by atoms with van der Waals surface area (Å²) in [7, 11) is 4.01. The van der Waals surface area contributed by atoms with Gasteiger partial charge >= 0.3 is 6.03 Å². The minimum Gasteiger partial charge on any atom is -0.508 e. The van der Waals surface area contributed by atoms with Crippen LogP contribution < -0.4 is 10.6 Å². The van der Waals surface area contributed by atoms with Gasteiger partial charge in [0, 0.05) is 18.6 Å². The summed E-state index contributed by atoms with van der Waals surface area (Å²) < 4.78 is 0. The molecule has 0 bridgehead atoms. The van der Waals surface area contributed by atoms with Crippen LogP contribution in [-0.2, 0) is 12.8 Å². The summed E-state index contributed by atoms with van der Waals surface area (Å²) in [6.07, 6.45) is 1.64. The molecule has 0 unspecified atom stereocenters. The van der Waals surface area contributed by atoms with E-state index in [1.807, 2.05) is 38.5 Å². The summed E-state index contributed by atoms with van der Waals surface area (Å²) in [5.74, 6) is 0.266. The van der Waals surface area contributed by atoms with Gasteiger partial charge in [-0.05, 0) is 73.9 Å². The molecule has 0 saturated heterocycles. The average molecular weight is 362 g/mol. The summed E-state index contributed by atoms with van der Waals surface area (Å²) in [4.78, 5) is 14.2. The molecule has 2 aromatic rings. The van der Waals surface area contributed by atoms with Crippen molar-refractivity contribution in [2.45, 2.75) is 31.8 Å². The minimum absolute atomic E-state index is 0.0875. The van der Waals surface area contributed by atoms with E-state index in [4.69, 9.17) is 0 Å². The third-order valence-corrected chi connectivity index (χ3v) is 4.87. The van der Waals surface area contributed by atoms with E-state index in [-0.39, 0.29) is 23.9 Å². The van der Waals surface area contributed by atoms with Crippen molar-refractivity contribution in [3.05, 3.63) is 52.2 Å². The number of carbonyl (C=O) groups excluding carboxylic acids is 1. The Hall–Kier alpha value is -2.05. The van der Waals surface area contributed by atoms with Gasteiger partial charge in [0.25, 0.3) is 0 Å². The van der Waals surface area contributed by atoms with Crippen LogP contribution in [0, 0.1) is 0 Å². The molecular formula is C19H27N3O2S. The van der Waals surface area contributed by atoms with E-state index in [9.17, 15) is 9.90 Å². The van der Waals surface area contributed by atoms with Crippen LogP contribution >= 0.6 is 11.3 Å². The Balaban J connectivity index is 1.79. The molecule has 2 atom stereocenters. The highest BCUT2D eigenvalue weighted by Crippen LogP contribution is 2.12. The molecule has 0 aliphatic rings. The Bertz CT molecular complexity index is 641. The Morgan fingerprint density at radius 1 is 1.16 bits per heavy atom. The summed E-state index contributed by atoms with van der Waals surface area (Å²) in [6, 6.07) is 9.42. The molecule has 0 spiro atoms. The molecule has 0 saturated carbocycles. The van der Waals surface area contributed by atoms with Crippen molar-refractivity contribution < 1.29 is 9.90 Å². The van der Waals surface area contributed by atoms with Gasteiger partial charge in [-0.15, -0.1) is 0 Å². The van der Waals surface area contributed by atoms with Gasteiger partial charge in [0.05, 0.1) is 0 Å². The first-order chi connectivity index (χ1) is 11.9. The van der Waals surface area contributed by atoms with Gasteiger partial charge in [-0.2, -0.15) is 11.3 Å². The average Bonchev–Trinajstić information content (AvgIpc) is 3.05. The maximum Gasteiger partial charge on any atom is 0.315 e. The first-order valence-corrected chi connectivity index (χ1v) is 9.38. The number of hydrogen-bond acceptors (Lipinski definition) is 4. The summed E-state index contributed by atoms with van der Waals surface area (Å²) >= 11 is 1.67. The largest absolute Gasteiger partial charge is 0.508 e. The second-order valence-corrected chi connectivity index (χ2v) is 7.36. The molecule has 25 heavy (non-hydrogen) atoms. The summed E-state index contributed by atoms with van der Waals surface area (Å²) in [6.45, 7) is 2.57. The normalized spacial score (nSPS) is 13.4. The molecule has 136 valence electrons. The lowest BCUT2D eigenvalue weighted by Gasteiger charge is -2.25. The number of phenols is 1. The van der Waals surface area contributed by atoms with Crippen molar-refractivity contribution >= 4 is 17.4 Å². The van der Waals surface area contributed by atoms with Crippen LogP contribution in [0.25, 0.3) is 0 Å². The van der Waals surface area contributed by atoms with Crippen LogP contribution in [0.2, 0.25) is 0 Å². The number of nitrogens with one attached hydrogen (secondary N) is 2. The predicted octanol–water partition coefficient (Wildman–Crippen LogP) is 2.86. The monoisotopic (exact) mass is 361 g/mol. The highest BCUT2D eigenvalue weighted by Gasteiger charge is 2.15. The highest BCUT2D eigenvalue weighted by atomic mass is 32.1. The molecule has 2 amide bonds. The number of nitrogens with zero attached hydrogens (tertiary/aromatic N) is 1. The van der Waals surface area contributed by atoms with E-state index in [1.165, 1.54) is 5.56 Å². The van der Waals surface area contributed by atoms with Gasteiger partial charge < -0.3 is 20.6 Å². The Morgan fingerprint density at radius 2 is 1.88 bits per heavy atom. The number of amides is 2. The quantitative estimate of drug-likeness (QED) is 0.677. The lowest BCUT2D eigenvalue weighted by molar-refractivity contribution is 0.229. The first kappa shape index (κ1) is 19.3. The van der Waals surface area contributed by atoms with Gasteiger partial charge in [0.15, 0.2) is 0 Å². The van der Waals surface area contributed by atoms with E-state index in [2.05, 4.69) is 27.0 Å². The lowest BCUT2D eigenvalue weighted by Crippen LogP contribution is -2.47. The maximum atomic E-state index is 12.1. The summed E-state index contributed by atoms with van der Waals surface area (Å²) in [5.41, 5.74) is 2.38. The molecular weight excluding hydrogens is 334 g/mol. The topological polar surface area (TPSA) is 64.6 Å². The second kappa shape index (κ2) is 9.44. The van der Waals surface area contributed by atoms with E-state index < -0.39 is 0 Å². The van der Waals surface area contributed by atoms with Crippen molar-refractivity contribution in [1.82, 2.24) is 15.5 Å². The zero-order valence-electron chi connectivity index (χ0n) is 15.0. The molecule has 2 rings (SSSR count). The number of phenolic OH excluding ortho intramolecular Hbond substituents is 1. The number of thiophene rings is 1. The molecule has 1 aromatic carbocycles. The van der Waals surface area contributed by atoms with Crippen molar-refractivity contribution in [1.29, 1.82) is 0 Å². The molecule has 0 aliphatic carbocycles. The number of likely N-dealkylation sites (N-methyl/N-ethyl adjacent to an activating group) is 1. The Labute approximate surface area is 153 Å². The maximum absolute atomic E-state index is 12.1. The molecule has 1 aromatic heterocycles. The zero-order valence-corrected chi connectivity index (χ0v) is 15.8. The number of carbonyl (C=O) groups is 1. The van der Waals surface area contributed by atoms with Crippen LogP contribution in [0.4, 0.5) is 4.79 Å². The van der Waals surface area contributed by atoms with Crippen molar-refractivity contribution in [2.24, 2.45) is 0 Å². The van der Waals surface area contributed by atoms with Gasteiger partial charge in [0.1, 0.15) is 5.75 Å². The minimum atomic E-state index is -0.139. The highest BCUT2D eigenvalue weighted by molar-refractivity contribution is 7.07. The fraction of sp³-hybridized carbons (Fsp3) is 0.421. The smallest absolute Gasteiger partial charge is 0.315 e. The van der Waals surface area contributed by atoms with Gasteiger partial charge in [0.2, 0.25) is 0 Å². The van der Waals surface area contributed by atoms with E-state index in [0.29, 0.717) is 6.54 Å². The summed E-state index contributed by atoms with van der Waals surface area (Å²) in [5, 5.41) is 19.5. The lowest BCUT2D eigenvalue weighted by atomic mass is 10.0. The molecule has 0 radical (unpaired) electrons. The van der Waals surface area contributed by atoms with Gasteiger partial charge in [-0.1, -0.05) is 12.1 Å².